The average Bonchev–Trinajstić information content (AvgIpc) is 3.05. The number of halogens is 1. The minimum Gasteiger partial charge on any atom is -0.481 e. The van der Waals surface area contributed by atoms with Crippen LogP contribution in [-0.4, -0.2) is 41.5 Å². The lowest BCUT2D eigenvalue weighted by atomic mass is 10.00. The van der Waals surface area contributed by atoms with Crippen LogP contribution < -0.4 is 0 Å². The monoisotopic (exact) mass is 441 g/mol. The largest absolute Gasteiger partial charge is 0.481 e. The fraction of sp³-hybridized carbons (Fsp3) is 0.273. The fourth-order valence-corrected chi connectivity index (χ4v) is 5.63. The first-order chi connectivity index (χ1) is 14.7. The molecule has 160 valence electrons. The molecular weight excluding hydrogens is 421 g/mol. The number of hydrogen-bond donors (Lipinski definition) is 1. The highest BCUT2D eigenvalue weighted by Crippen LogP contribution is 2.34. The Morgan fingerprint density at radius 1 is 1.29 bits per heavy atom. The van der Waals surface area contributed by atoms with Gasteiger partial charge in [-0.15, -0.1) is 0 Å². The summed E-state index contributed by atoms with van der Waals surface area (Å²) in [7, 11) is -2.33. The van der Waals surface area contributed by atoms with Gasteiger partial charge in [0.05, 0.1) is 22.9 Å². The van der Waals surface area contributed by atoms with Crippen molar-refractivity contribution in [2.24, 2.45) is 0 Å². The van der Waals surface area contributed by atoms with E-state index < -0.39 is 21.8 Å². The molecule has 31 heavy (non-hydrogen) atoms. The number of aromatic nitrogens is 1. The lowest BCUT2D eigenvalue weighted by molar-refractivity contribution is -0.136. The second-order valence-electron chi connectivity index (χ2n) is 7.62. The van der Waals surface area contributed by atoms with Crippen LogP contribution in [0.4, 0.5) is 4.39 Å². The van der Waals surface area contributed by atoms with Gasteiger partial charge in [-0.25, -0.2) is 12.8 Å². The van der Waals surface area contributed by atoms with Gasteiger partial charge in [-0.1, -0.05) is 6.07 Å². The van der Waals surface area contributed by atoms with Crippen molar-refractivity contribution in [3.8, 4) is 6.07 Å². The number of fused-ring (bicyclic) bond motifs is 3. The number of carbonyl (C=O) groups is 1. The summed E-state index contributed by atoms with van der Waals surface area (Å²) >= 11 is 0. The quantitative estimate of drug-likeness (QED) is 0.656. The van der Waals surface area contributed by atoms with Crippen molar-refractivity contribution in [1.82, 2.24) is 8.87 Å². The van der Waals surface area contributed by atoms with Crippen LogP contribution in [0, 0.1) is 17.1 Å². The third-order valence-corrected chi connectivity index (χ3v) is 7.78. The molecule has 2 heterocycles. The molecule has 0 aliphatic carbocycles. The summed E-state index contributed by atoms with van der Waals surface area (Å²) in [6.45, 7) is 0.331. The highest BCUT2D eigenvalue weighted by molar-refractivity contribution is 7.89. The van der Waals surface area contributed by atoms with Crippen LogP contribution in [0.15, 0.2) is 47.4 Å². The Bertz CT molecular complexity index is 1320. The van der Waals surface area contributed by atoms with Gasteiger partial charge in [-0.05, 0) is 54.8 Å². The first-order valence-corrected chi connectivity index (χ1v) is 11.2. The van der Waals surface area contributed by atoms with E-state index in [4.69, 9.17) is 0 Å². The predicted molar refractivity (Wildman–Crippen MR) is 111 cm³/mol. The van der Waals surface area contributed by atoms with Crippen molar-refractivity contribution in [3.05, 3.63) is 65.1 Å². The van der Waals surface area contributed by atoms with E-state index in [2.05, 4.69) is 6.07 Å². The molecule has 1 aliphatic heterocycles. The van der Waals surface area contributed by atoms with E-state index >= 15 is 0 Å². The molecule has 0 unspecified atom stereocenters. The molecule has 0 bridgehead atoms. The molecule has 0 saturated heterocycles. The first-order valence-electron chi connectivity index (χ1n) is 9.72. The Balaban J connectivity index is 1.74. The maximum Gasteiger partial charge on any atom is 0.307 e. The minimum absolute atomic E-state index is 0.0119. The second kappa shape index (κ2) is 7.80. The zero-order valence-electron chi connectivity index (χ0n) is 16.7. The molecule has 0 fully saturated rings. The Hall–Kier alpha value is -3.22. The number of carboxylic acids is 1. The molecule has 7 nitrogen and oxygen atoms in total. The van der Waals surface area contributed by atoms with Crippen molar-refractivity contribution in [2.45, 2.75) is 36.7 Å². The maximum absolute atomic E-state index is 13.2. The van der Waals surface area contributed by atoms with Crippen LogP contribution in [0.1, 0.15) is 23.2 Å². The van der Waals surface area contributed by atoms with Gasteiger partial charge in [0.2, 0.25) is 10.0 Å². The van der Waals surface area contributed by atoms with E-state index in [9.17, 15) is 28.0 Å². The average molecular weight is 441 g/mol. The van der Waals surface area contributed by atoms with Crippen molar-refractivity contribution in [1.29, 1.82) is 5.26 Å². The van der Waals surface area contributed by atoms with Crippen molar-refractivity contribution >= 4 is 26.9 Å². The van der Waals surface area contributed by atoms with Crippen LogP contribution in [0.3, 0.4) is 0 Å². The number of aliphatic carboxylic acids is 1. The summed E-state index contributed by atoms with van der Waals surface area (Å²) in [5, 5.41) is 19.4. The summed E-state index contributed by atoms with van der Waals surface area (Å²) in [5.74, 6) is -1.46. The summed E-state index contributed by atoms with van der Waals surface area (Å²) in [6, 6.07) is 11.5. The normalized spacial score (nSPS) is 16.3. The lowest BCUT2D eigenvalue weighted by Crippen LogP contribution is -2.42. The Morgan fingerprint density at radius 3 is 2.65 bits per heavy atom. The Morgan fingerprint density at radius 2 is 2.00 bits per heavy atom. The third kappa shape index (κ3) is 3.69. The van der Waals surface area contributed by atoms with Gasteiger partial charge < -0.3 is 9.67 Å². The summed E-state index contributed by atoms with van der Waals surface area (Å²) < 4.78 is 42.5. The standard InChI is InChI=1S/C22H20FN3O4S/c1-25(31(29,30)17-6-3-15(23)4-7-17)16-5-9-20-19(11-22(27)28)18-8-2-14(12-24)10-21(18)26(20)13-16/h2-4,6-8,10,16H,5,9,11,13H2,1H3,(H,27,28)/t16-/m1/s1. The van der Waals surface area contributed by atoms with Crippen molar-refractivity contribution < 1.29 is 22.7 Å². The zero-order chi connectivity index (χ0) is 22.3. The topological polar surface area (TPSA) is 103 Å². The number of hydrogen-bond acceptors (Lipinski definition) is 4. The maximum atomic E-state index is 13.2. The van der Waals surface area contributed by atoms with Gasteiger partial charge >= 0.3 is 5.97 Å². The molecule has 1 aliphatic rings. The molecule has 1 N–H and O–H groups in total. The number of nitrogens with zero attached hydrogens (tertiary/aromatic N) is 3. The highest BCUT2D eigenvalue weighted by atomic mass is 32.2. The number of carboxylic acid groups (broad SMARTS) is 1. The molecule has 0 spiro atoms. The highest BCUT2D eigenvalue weighted by Gasteiger charge is 2.33. The molecule has 3 aromatic rings. The molecule has 4 rings (SSSR count). The smallest absolute Gasteiger partial charge is 0.307 e. The molecular formula is C22H20FN3O4S. The van der Waals surface area contributed by atoms with Crippen LogP contribution in [0.5, 0.6) is 0 Å². The fourth-order valence-electron chi connectivity index (χ4n) is 4.26. The molecule has 0 radical (unpaired) electrons. The first kappa shape index (κ1) is 21.0. The molecule has 0 amide bonds. The van der Waals surface area contributed by atoms with Gasteiger partial charge in [0.1, 0.15) is 5.82 Å². The van der Waals surface area contributed by atoms with Crippen LogP contribution >= 0.6 is 0 Å². The minimum atomic E-state index is -3.83. The number of sulfonamides is 1. The van der Waals surface area contributed by atoms with E-state index in [1.165, 1.54) is 23.5 Å². The SMILES string of the molecule is CN([C@@H]1CCc2c(CC(=O)O)c3ccc(C#N)cc3n2C1)S(=O)(=O)c1ccc(F)cc1. The van der Waals surface area contributed by atoms with Gasteiger partial charge in [0.25, 0.3) is 0 Å². The van der Waals surface area contributed by atoms with Crippen molar-refractivity contribution in [2.75, 3.05) is 7.05 Å². The summed E-state index contributed by atoms with van der Waals surface area (Å²) in [6.07, 6.45) is 0.886. The number of nitriles is 1. The van der Waals surface area contributed by atoms with Crippen LogP contribution in [0.25, 0.3) is 10.9 Å². The second-order valence-corrected chi connectivity index (χ2v) is 9.62. The van der Waals surface area contributed by atoms with E-state index in [0.29, 0.717) is 30.5 Å². The van der Waals surface area contributed by atoms with E-state index in [-0.39, 0.29) is 17.4 Å². The van der Waals surface area contributed by atoms with E-state index in [1.54, 1.807) is 18.2 Å². The zero-order valence-corrected chi connectivity index (χ0v) is 17.6. The van der Waals surface area contributed by atoms with Crippen LogP contribution in [-0.2, 0) is 34.2 Å². The van der Waals surface area contributed by atoms with E-state index in [1.807, 2.05) is 4.57 Å². The molecule has 1 atom stereocenters. The molecule has 2 aromatic carbocycles. The third-order valence-electron chi connectivity index (χ3n) is 5.86. The van der Waals surface area contributed by atoms with Gasteiger partial charge in [0, 0.05) is 36.2 Å². The van der Waals surface area contributed by atoms with Gasteiger partial charge in [-0.2, -0.15) is 9.57 Å². The molecule has 0 saturated carbocycles. The predicted octanol–water partition coefficient (Wildman–Crippen LogP) is 2.91. The molecule has 1 aromatic heterocycles. The number of benzene rings is 2. The van der Waals surface area contributed by atoms with Crippen molar-refractivity contribution in [3.63, 3.8) is 0 Å². The van der Waals surface area contributed by atoms with Crippen LogP contribution in [0.2, 0.25) is 0 Å². The molecule has 9 heteroatoms. The summed E-state index contributed by atoms with van der Waals surface area (Å²) in [4.78, 5) is 11.4. The van der Waals surface area contributed by atoms with Gasteiger partial charge in [-0.3, -0.25) is 4.79 Å². The van der Waals surface area contributed by atoms with E-state index in [0.717, 1.165) is 28.7 Å². The lowest BCUT2D eigenvalue weighted by Gasteiger charge is -2.32. The Labute approximate surface area is 179 Å². The number of rotatable bonds is 5. The Kier molecular flexibility index (Phi) is 5.29. The van der Waals surface area contributed by atoms with Gasteiger partial charge in [0.15, 0.2) is 0 Å². The number of likely N-dealkylation sites (N-methyl/N-ethyl adjacent to an activating group) is 1. The summed E-state index contributed by atoms with van der Waals surface area (Å²) in [5.41, 5.74) is 2.73.